The van der Waals surface area contributed by atoms with E-state index < -0.39 is 0 Å². The van der Waals surface area contributed by atoms with Crippen LogP contribution >= 0.6 is 12.4 Å². The van der Waals surface area contributed by atoms with Gasteiger partial charge in [0.1, 0.15) is 0 Å². The second-order valence-electron chi connectivity index (χ2n) is 5.61. The molecule has 1 aromatic carbocycles. The van der Waals surface area contributed by atoms with Gasteiger partial charge in [-0.2, -0.15) is 0 Å². The summed E-state index contributed by atoms with van der Waals surface area (Å²) in [4.78, 5) is 11.8. The number of aryl methyl sites for hydroxylation is 1. The predicted octanol–water partition coefficient (Wildman–Crippen LogP) is 2.78. The number of carbonyl (C=O) groups excluding carboxylic acids is 1. The van der Waals surface area contributed by atoms with Crippen LogP contribution in [0.15, 0.2) is 24.3 Å². The first-order valence-corrected chi connectivity index (χ1v) is 7.22. The molecule has 1 aliphatic heterocycles. The van der Waals surface area contributed by atoms with E-state index >= 15 is 0 Å². The molecule has 1 fully saturated rings. The monoisotopic (exact) mass is 296 g/mol. The van der Waals surface area contributed by atoms with Crippen LogP contribution < -0.4 is 10.6 Å². The van der Waals surface area contributed by atoms with E-state index in [-0.39, 0.29) is 18.3 Å². The molecule has 3 nitrogen and oxygen atoms in total. The van der Waals surface area contributed by atoms with Crippen molar-refractivity contribution < 1.29 is 4.79 Å². The molecule has 1 saturated heterocycles. The molecule has 4 heteroatoms. The van der Waals surface area contributed by atoms with Crippen molar-refractivity contribution >= 4 is 18.3 Å². The lowest BCUT2D eigenvalue weighted by Crippen LogP contribution is -2.33. The normalized spacial score (nSPS) is 19.2. The van der Waals surface area contributed by atoms with Crippen molar-refractivity contribution in [1.29, 1.82) is 0 Å². The van der Waals surface area contributed by atoms with Crippen molar-refractivity contribution in [3.8, 4) is 0 Å². The fraction of sp³-hybridized carbons (Fsp3) is 0.562. The van der Waals surface area contributed by atoms with E-state index in [1.807, 2.05) is 0 Å². The van der Waals surface area contributed by atoms with Gasteiger partial charge < -0.3 is 10.6 Å². The SMILES string of the molecule is Cc1ccc(C(C)CNC(=O)CC2CCCN2)cc1.Cl. The van der Waals surface area contributed by atoms with E-state index in [9.17, 15) is 4.79 Å². The summed E-state index contributed by atoms with van der Waals surface area (Å²) in [6.45, 7) is 6.01. The molecule has 0 radical (unpaired) electrons. The van der Waals surface area contributed by atoms with Gasteiger partial charge >= 0.3 is 0 Å². The summed E-state index contributed by atoms with van der Waals surface area (Å²) in [7, 11) is 0. The quantitative estimate of drug-likeness (QED) is 0.877. The van der Waals surface area contributed by atoms with Crippen LogP contribution in [0, 0.1) is 6.92 Å². The van der Waals surface area contributed by atoms with Gasteiger partial charge in [-0.05, 0) is 37.8 Å². The van der Waals surface area contributed by atoms with Crippen molar-refractivity contribution in [2.45, 2.75) is 45.1 Å². The Hall–Kier alpha value is -1.06. The third kappa shape index (κ3) is 5.14. The maximum atomic E-state index is 11.8. The summed E-state index contributed by atoms with van der Waals surface area (Å²) in [5.74, 6) is 0.527. The Morgan fingerprint density at radius 3 is 2.70 bits per heavy atom. The highest BCUT2D eigenvalue weighted by atomic mass is 35.5. The minimum atomic E-state index is 0. The maximum Gasteiger partial charge on any atom is 0.221 e. The topological polar surface area (TPSA) is 41.1 Å². The molecule has 0 bridgehead atoms. The molecule has 2 atom stereocenters. The highest BCUT2D eigenvalue weighted by Gasteiger charge is 2.17. The molecular weight excluding hydrogens is 272 g/mol. The van der Waals surface area contributed by atoms with Crippen molar-refractivity contribution in [2.24, 2.45) is 0 Å². The minimum Gasteiger partial charge on any atom is -0.355 e. The number of nitrogens with one attached hydrogen (secondary N) is 2. The van der Waals surface area contributed by atoms with Gasteiger partial charge in [-0.15, -0.1) is 12.4 Å². The number of benzene rings is 1. The van der Waals surface area contributed by atoms with Crippen LogP contribution in [0.3, 0.4) is 0 Å². The number of carbonyl (C=O) groups is 1. The molecule has 1 aromatic rings. The third-order valence-electron chi connectivity index (χ3n) is 3.85. The fourth-order valence-electron chi connectivity index (χ4n) is 2.51. The van der Waals surface area contributed by atoms with Crippen LogP contribution in [0.5, 0.6) is 0 Å². The van der Waals surface area contributed by atoms with Crippen LogP contribution in [-0.2, 0) is 4.79 Å². The van der Waals surface area contributed by atoms with E-state index in [0.29, 0.717) is 24.9 Å². The zero-order valence-electron chi connectivity index (χ0n) is 12.3. The number of halogens is 1. The zero-order chi connectivity index (χ0) is 13.7. The standard InChI is InChI=1S/C16H24N2O.ClH/c1-12-5-7-14(8-6-12)13(2)11-18-16(19)10-15-4-3-9-17-15;/h5-8,13,15,17H,3-4,9-11H2,1-2H3,(H,18,19);1H. The summed E-state index contributed by atoms with van der Waals surface area (Å²) >= 11 is 0. The van der Waals surface area contributed by atoms with E-state index in [1.165, 1.54) is 17.5 Å². The van der Waals surface area contributed by atoms with Crippen LogP contribution in [0.25, 0.3) is 0 Å². The maximum absolute atomic E-state index is 11.8. The first kappa shape index (κ1) is 17.0. The summed E-state index contributed by atoms with van der Waals surface area (Å²) in [6.07, 6.45) is 2.93. The average molecular weight is 297 g/mol. The van der Waals surface area contributed by atoms with Crippen LogP contribution in [0.4, 0.5) is 0 Å². The Kier molecular flexibility index (Phi) is 7.03. The Morgan fingerprint density at radius 1 is 1.40 bits per heavy atom. The van der Waals surface area contributed by atoms with E-state index in [1.54, 1.807) is 0 Å². The van der Waals surface area contributed by atoms with Crippen molar-refractivity contribution in [3.63, 3.8) is 0 Å². The Bertz CT molecular complexity index is 413. The van der Waals surface area contributed by atoms with Crippen molar-refractivity contribution in [2.75, 3.05) is 13.1 Å². The molecule has 0 aromatic heterocycles. The highest BCUT2D eigenvalue weighted by Crippen LogP contribution is 2.15. The molecule has 1 aliphatic rings. The molecule has 20 heavy (non-hydrogen) atoms. The lowest BCUT2D eigenvalue weighted by molar-refractivity contribution is -0.121. The lowest BCUT2D eigenvalue weighted by atomic mass is 10.00. The molecular formula is C16H25ClN2O. The zero-order valence-corrected chi connectivity index (χ0v) is 13.1. The van der Waals surface area contributed by atoms with Crippen LogP contribution in [0.2, 0.25) is 0 Å². The predicted molar refractivity (Wildman–Crippen MR) is 85.5 cm³/mol. The summed E-state index contributed by atoms with van der Waals surface area (Å²) < 4.78 is 0. The van der Waals surface area contributed by atoms with Gasteiger partial charge in [-0.1, -0.05) is 36.8 Å². The molecule has 1 heterocycles. The smallest absolute Gasteiger partial charge is 0.221 e. The van der Waals surface area contributed by atoms with Crippen LogP contribution in [0.1, 0.15) is 43.2 Å². The molecule has 2 rings (SSSR count). The first-order chi connectivity index (χ1) is 9.15. The van der Waals surface area contributed by atoms with Gasteiger partial charge in [0, 0.05) is 19.0 Å². The molecule has 112 valence electrons. The number of rotatable bonds is 5. The van der Waals surface area contributed by atoms with E-state index in [2.05, 4.69) is 48.7 Å². The third-order valence-corrected chi connectivity index (χ3v) is 3.85. The first-order valence-electron chi connectivity index (χ1n) is 7.22. The fourth-order valence-corrected chi connectivity index (χ4v) is 2.51. The summed E-state index contributed by atoms with van der Waals surface area (Å²) in [5, 5.41) is 6.40. The average Bonchev–Trinajstić information content (AvgIpc) is 2.89. The summed E-state index contributed by atoms with van der Waals surface area (Å²) in [5.41, 5.74) is 2.55. The Balaban J connectivity index is 0.00000200. The second-order valence-corrected chi connectivity index (χ2v) is 5.61. The van der Waals surface area contributed by atoms with Gasteiger partial charge in [-0.3, -0.25) is 4.79 Å². The highest BCUT2D eigenvalue weighted by molar-refractivity contribution is 5.85. The molecule has 1 amide bonds. The summed E-state index contributed by atoms with van der Waals surface area (Å²) in [6, 6.07) is 8.91. The minimum absolute atomic E-state index is 0. The van der Waals surface area contributed by atoms with Crippen molar-refractivity contribution in [3.05, 3.63) is 35.4 Å². The van der Waals surface area contributed by atoms with Gasteiger partial charge in [0.05, 0.1) is 0 Å². The molecule has 2 N–H and O–H groups in total. The largest absolute Gasteiger partial charge is 0.355 e. The number of hydrogen-bond acceptors (Lipinski definition) is 2. The Morgan fingerprint density at radius 2 is 2.10 bits per heavy atom. The van der Waals surface area contributed by atoms with Gasteiger partial charge in [0.25, 0.3) is 0 Å². The number of amides is 1. The molecule has 0 aliphatic carbocycles. The van der Waals surface area contributed by atoms with E-state index in [0.717, 1.165) is 13.0 Å². The molecule has 2 unspecified atom stereocenters. The lowest BCUT2D eigenvalue weighted by Gasteiger charge is -2.15. The van der Waals surface area contributed by atoms with Gasteiger partial charge in [-0.25, -0.2) is 0 Å². The Labute approximate surface area is 127 Å². The van der Waals surface area contributed by atoms with Crippen LogP contribution in [-0.4, -0.2) is 25.0 Å². The second kappa shape index (κ2) is 8.28. The van der Waals surface area contributed by atoms with Gasteiger partial charge in [0.15, 0.2) is 0 Å². The number of hydrogen-bond donors (Lipinski definition) is 2. The molecule has 0 spiro atoms. The molecule has 0 saturated carbocycles. The van der Waals surface area contributed by atoms with Crippen molar-refractivity contribution in [1.82, 2.24) is 10.6 Å². The van der Waals surface area contributed by atoms with Gasteiger partial charge in [0.2, 0.25) is 5.91 Å². The van der Waals surface area contributed by atoms with E-state index in [4.69, 9.17) is 0 Å².